The van der Waals surface area contributed by atoms with E-state index in [2.05, 4.69) is 38.1 Å². The molecule has 0 fully saturated rings. The van der Waals surface area contributed by atoms with Crippen LogP contribution in [0, 0.1) is 0 Å². The number of ether oxygens (including phenoxy) is 3. The van der Waals surface area contributed by atoms with Gasteiger partial charge in [0.05, 0.1) is 25.4 Å². The molecule has 0 aliphatic heterocycles. The summed E-state index contributed by atoms with van der Waals surface area (Å²) in [5.41, 5.74) is 2.29. The van der Waals surface area contributed by atoms with Crippen LogP contribution in [0.25, 0.3) is 6.08 Å². The van der Waals surface area contributed by atoms with Crippen molar-refractivity contribution in [3.05, 3.63) is 35.4 Å². The maximum Gasteiger partial charge on any atom is 0.119 e. The zero-order chi connectivity index (χ0) is 14.4. The van der Waals surface area contributed by atoms with Crippen LogP contribution in [0.1, 0.15) is 31.4 Å². The van der Waals surface area contributed by atoms with E-state index < -0.39 is 0 Å². The molecule has 20 heavy (non-hydrogen) atoms. The molecule has 0 N–H and O–H groups in total. The van der Waals surface area contributed by atoms with Crippen LogP contribution in [-0.4, -0.2) is 32.5 Å². The lowest BCUT2D eigenvalue weighted by molar-refractivity contribution is -0.0201. The number of hydrogen-bond donors (Lipinski definition) is 0. The van der Waals surface area contributed by atoms with Gasteiger partial charge in [-0.15, -0.1) is 0 Å². The van der Waals surface area contributed by atoms with E-state index in [0.717, 1.165) is 25.2 Å². The highest BCUT2D eigenvalue weighted by Crippen LogP contribution is 2.30. The summed E-state index contributed by atoms with van der Waals surface area (Å²) < 4.78 is 16.6. The number of methoxy groups -OCH3 is 1. The van der Waals surface area contributed by atoms with Crippen LogP contribution < -0.4 is 4.74 Å². The third kappa shape index (κ3) is 3.84. The summed E-state index contributed by atoms with van der Waals surface area (Å²) in [6.07, 6.45) is 6.17. The first kappa shape index (κ1) is 15.1. The predicted octanol–water partition coefficient (Wildman–Crippen LogP) is 3.47. The molecule has 3 nitrogen and oxygen atoms in total. The highest BCUT2D eigenvalue weighted by Gasteiger charge is 2.26. The SMILES string of the molecule is CCCOc1ccc2c(c1)C=CC(C)(OCCOC)C2. The Kier molecular flexibility index (Phi) is 5.21. The van der Waals surface area contributed by atoms with Crippen LogP contribution in [0.15, 0.2) is 24.3 Å². The minimum atomic E-state index is -0.239. The Morgan fingerprint density at radius 1 is 1.20 bits per heavy atom. The van der Waals surface area contributed by atoms with E-state index in [1.54, 1.807) is 7.11 Å². The standard InChI is InChI=1S/C17H24O3/c1-4-9-19-16-6-5-15-13-17(2,20-11-10-18-3)8-7-14(15)12-16/h5-8,12H,4,9-11,13H2,1-3H3. The molecule has 0 saturated carbocycles. The average molecular weight is 276 g/mol. The summed E-state index contributed by atoms with van der Waals surface area (Å²) in [5.74, 6) is 0.944. The van der Waals surface area contributed by atoms with Gasteiger partial charge in [-0.1, -0.05) is 25.1 Å². The lowest BCUT2D eigenvalue weighted by atomic mass is 9.87. The Bertz CT molecular complexity index is 467. The zero-order valence-electron chi connectivity index (χ0n) is 12.6. The molecule has 0 amide bonds. The minimum absolute atomic E-state index is 0.239. The van der Waals surface area contributed by atoms with Crippen molar-refractivity contribution in [3.8, 4) is 5.75 Å². The second kappa shape index (κ2) is 6.91. The van der Waals surface area contributed by atoms with Gasteiger partial charge in [0, 0.05) is 13.5 Å². The molecule has 1 aromatic carbocycles. The van der Waals surface area contributed by atoms with Crippen LogP contribution in [-0.2, 0) is 15.9 Å². The zero-order valence-corrected chi connectivity index (χ0v) is 12.6. The van der Waals surface area contributed by atoms with Crippen LogP contribution in [0.3, 0.4) is 0 Å². The molecule has 0 bridgehead atoms. The summed E-state index contributed by atoms with van der Waals surface area (Å²) in [6, 6.07) is 6.29. The van der Waals surface area contributed by atoms with Gasteiger partial charge in [-0.05, 0) is 36.6 Å². The summed E-state index contributed by atoms with van der Waals surface area (Å²) in [5, 5.41) is 0. The van der Waals surface area contributed by atoms with Crippen molar-refractivity contribution in [2.45, 2.75) is 32.3 Å². The Hall–Kier alpha value is -1.32. The third-order valence-corrected chi connectivity index (χ3v) is 3.47. The first-order valence-electron chi connectivity index (χ1n) is 7.25. The largest absolute Gasteiger partial charge is 0.494 e. The highest BCUT2D eigenvalue weighted by molar-refractivity contribution is 5.60. The molecule has 0 aromatic heterocycles. The molecule has 0 radical (unpaired) electrons. The van der Waals surface area contributed by atoms with E-state index in [0.29, 0.717) is 13.2 Å². The van der Waals surface area contributed by atoms with Crippen LogP contribution >= 0.6 is 0 Å². The second-order valence-electron chi connectivity index (χ2n) is 5.37. The van der Waals surface area contributed by atoms with Crippen LogP contribution in [0.2, 0.25) is 0 Å². The van der Waals surface area contributed by atoms with Gasteiger partial charge in [0.2, 0.25) is 0 Å². The molecule has 1 aliphatic rings. The fraction of sp³-hybridized carbons (Fsp3) is 0.529. The molecule has 1 aliphatic carbocycles. The van der Waals surface area contributed by atoms with Crippen LogP contribution in [0.4, 0.5) is 0 Å². The fourth-order valence-corrected chi connectivity index (χ4v) is 2.36. The maximum absolute atomic E-state index is 5.92. The first-order chi connectivity index (χ1) is 9.67. The van der Waals surface area contributed by atoms with Gasteiger partial charge in [-0.2, -0.15) is 0 Å². The maximum atomic E-state index is 5.92. The quantitative estimate of drug-likeness (QED) is 0.714. The fourth-order valence-electron chi connectivity index (χ4n) is 2.36. The summed E-state index contributed by atoms with van der Waals surface area (Å²) in [7, 11) is 1.69. The van der Waals surface area contributed by atoms with E-state index in [4.69, 9.17) is 14.2 Å². The Morgan fingerprint density at radius 3 is 2.80 bits per heavy atom. The van der Waals surface area contributed by atoms with Gasteiger partial charge in [0.25, 0.3) is 0 Å². The Morgan fingerprint density at radius 2 is 2.05 bits per heavy atom. The van der Waals surface area contributed by atoms with Crippen molar-refractivity contribution in [1.82, 2.24) is 0 Å². The topological polar surface area (TPSA) is 27.7 Å². The van der Waals surface area contributed by atoms with E-state index in [1.165, 1.54) is 11.1 Å². The number of benzene rings is 1. The Labute approximate surface area is 121 Å². The lowest BCUT2D eigenvalue weighted by Gasteiger charge is -2.30. The smallest absolute Gasteiger partial charge is 0.119 e. The van der Waals surface area contributed by atoms with E-state index in [-0.39, 0.29) is 5.60 Å². The molecule has 1 atom stereocenters. The molecule has 1 unspecified atom stereocenters. The molecule has 2 rings (SSSR count). The summed E-state index contributed by atoms with van der Waals surface area (Å²) >= 11 is 0. The van der Waals surface area contributed by atoms with Gasteiger partial charge < -0.3 is 14.2 Å². The molecule has 1 aromatic rings. The first-order valence-corrected chi connectivity index (χ1v) is 7.25. The molecule has 0 heterocycles. The van der Waals surface area contributed by atoms with Crippen LogP contribution in [0.5, 0.6) is 5.75 Å². The monoisotopic (exact) mass is 276 g/mol. The van der Waals surface area contributed by atoms with Gasteiger partial charge >= 0.3 is 0 Å². The lowest BCUT2D eigenvalue weighted by Crippen LogP contribution is -2.32. The summed E-state index contributed by atoms with van der Waals surface area (Å²) in [6.45, 7) is 6.23. The van der Waals surface area contributed by atoms with E-state index in [1.807, 2.05) is 6.07 Å². The van der Waals surface area contributed by atoms with Gasteiger partial charge in [0.15, 0.2) is 0 Å². The second-order valence-corrected chi connectivity index (χ2v) is 5.37. The summed E-state index contributed by atoms with van der Waals surface area (Å²) in [4.78, 5) is 0. The Balaban J connectivity index is 2.04. The van der Waals surface area contributed by atoms with Gasteiger partial charge in [-0.3, -0.25) is 0 Å². The van der Waals surface area contributed by atoms with Crippen molar-refractivity contribution in [3.63, 3.8) is 0 Å². The van der Waals surface area contributed by atoms with Crippen molar-refractivity contribution < 1.29 is 14.2 Å². The molecule has 0 saturated heterocycles. The average Bonchev–Trinajstić information content (AvgIpc) is 2.45. The molecule has 3 heteroatoms. The third-order valence-electron chi connectivity index (χ3n) is 3.47. The molecular formula is C17H24O3. The number of rotatable bonds is 7. The normalized spacial score (nSPS) is 20.8. The van der Waals surface area contributed by atoms with Crippen molar-refractivity contribution in [2.75, 3.05) is 26.9 Å². The minimum Gasteiger partial charge on any atom is -0.494 e. The van der Waals surface area contributed by atoms with Gasteiger partial charge in [0.1, 0.15) is 5.75 Å². The number of hydrogen-bond acceptors (Lipinski definition) is 3. The van der Waals surface area contributed by atoms with E-state index in [9.17, 15) is 0 Å². The van der Waals surface area contributed by atoms with Crippen molar-refractivity contribution in [2.24, 2.45) is 0 Å². The van der Waals surface area contributed by atoms with Crippen molar-refractivity contribution in [1.29, 1.82) is 0 Å². The van der Waals surface area contributed by atoms with Gasteiger partial charge in [-0.25, -0.2) is 0 Å². The van der Waals surface area contributed by atoms with Crippen molar-refractivity contribution >= 4 is 6.08 Å². The highest BCUT2D eigenvalue weighted by atomic mass is 16.5. The number of fused-ring (bicyclic) bond motifs is 1. The molecule has 110 valence electrons. The predicted molar refractivity (Wildman–Crippen MR) is 81.2 cm³/mol. The van der Waals surface area contributed by atoms with E-state index >= 15 is 0 Å². The molecular weight excluding hydrogens is 252 g/mol. The molecule has 0 spiro atoms.